The van der Waals surface area contributed by atoms with Crippen LogP contribution in [0.3, 0.4) is 0 Å². The predicted molar refractivity (Wildman–Crippen MR) is 82.7 cm³/mol. The molecule has 0 heterocycles. The third-order valence-corrected chi connectivity index (χ3v) is 3.84. The largest absolute Gasteiger partial charge is 0.234 e. The number of aryl methyl sites for hydroxylation is 2. The molecule has 100 valence electrons. The summed E-state index contributed by atoms with van der Waals surface area (Å²) in [5.41, 5.74) is 5.46. The van der Waals surface area contributed by atoms with Gasteiger partial charge in [0, 0.05) is 12.5 Å². The molecule has 0 spiro atoms. The number of halogens is 1. The second-order valence-electron chi connectivity index (χ2n) is 4.94. The lowest BCUT2D eigenvalue weighted by molar-refractivity contribution is 0.695. The van der Waals surface area contributed by atoms with E-state index in [2.05, 4.69) is 67.2 Å². The van der Waals surface area contributed by atoms with Crippen molar-refractivity contribution in [2.24, 2.45) is 0 Å². The van der Waals surface area contributed by atoms with E-state index in [-0.39, 0.29) is 0 Å². The van der Waals surface area contributed by atoms with E-state index >= 15 is 0 Å². The highest BCUT2D eigenvalue weighted by Gasteiger charge is 2.17. The van der Waals surface area contributed by atoms with E-state index in [0.717, 1.165) is 13.0 Å². The summed E-state index contributed by atoms with van der Waals surface area (Å²) < 4.78 is 0. The quantitative estimate of drug-likeness (QED) is 0.787. The number of hydrogen-bond donors (Lipinski definition) is 1. The van der Waals surface area contributed by atoms with Crippen LogP contribution in [0.1, 0.15) is 34.6 Å². The Hall–Kier alpha value is -1.31. The maximum absolute atomic E-state index is 5.65. The zero-order valence-electron chi connectivity index (χ0n) is 11.5. The molecule has 2 heteroatoms. The Bertz CT molecular complexity index is 491. The van der Waals surface area contributed by atoms with Crippen LogP contribution in [0.15, 0.2) is 48.5 Å². The monoisotopic (exact) mass is 273 g/mol. The van der Waals surface area contributed by atoms with Crippen molar-refractivity contribution in [3.05, 3.63) is 70.8 Å². The molecule has 0 aliphatic carbocycles. The molecular formula is C17H20ClN. The highest BCUT2D eigenvalue weighted by molar-refractivity contribution is 6.13. The van der Waals surface area contributed by atoms with Crippen molar-refractivity contribution in [2.45, 2.75) is 26.2 Å². The Labute approximate surface area is 120 Å². The summed E-state index contributed by atoms with van der Waals surface area (Å²) in [4.78, 5) is 2.75. The lowest BCUT2D eigenvalue weighted by atomic mass is 9.84. The molecule has 0 aliphatic heterocycles. The van der Waals surface area contributed by atoms with Gasteiger partial charge in [-0.25, -0.2) is 4.84 Å². The fourth-order valence-electron chi connectivity index (χ4n) is 2.63. The molecule has 0 atom stereocenters. The van der Waals surface area contributed by atoms with Crippen molar-refractivity contribution in [2.75, 3.05) is 6.54 Å². The lowest BCUT2D eigenvalue weighted by Gasteiger charge is -2.21. The second-order valence-corrected chi connectivity index (χ2v) is 5.21. The smallest absolute Gasteiger partial charge is 0.0117 e. The molecule has 0 fully saturated rings. The molecule has 0 aliphatic rings. The van der Waals surface area contributed by atoms with Crippen molar-refractivity contribution in [3.8, 4) is 0 Å². The second kappa shape index (κ2) is 6.74. The number of nitrogens with one attached hydrogen (secondary N) is 1. The van der Waals surface area contributed by atoms with E-state index < -0.39 is 0 Å². The highest BCUT2D eigenvalue weighted by Crippen LogP contribution is 2.31. The van der Waals surface area contributed by atoms with E-state index in [0.29, 0.717) is 5.92 Å². The minimum Gasteiger partial charge on any atom is -0.234 e. The molecule has 0 saturated heterocycles. The summed E-state index contributed by atoms with van der Waals surface area (Å²) in [5.74, 6) is 0.397. The summed E-state index contributed by atoms with van der Waals surface area (Å²) >= 11 is 5.65. The molecule has 0 aromatic heterocycles. The Morgan fingerprint density at radius 1 is 0.895 bits per heavy atom. The first-order valence-electron chi connectivity index (χ1n) is 6.68. The van der Waals surface area contributed by atoms with E-state index in [9.17, 15) is 0 Å². The first kappa shape index (κ1) is 14.1. The summed E-state index contributed by atoms with van der Waals surface area (Å²) in [5, 5.41) is 0. The van der Waals surface area contributed by atoms with Gasteiger partial charge in [0.2, 0.25) is 0 Å². The molecule has 2 aromatic carbocycles. The van der Waals surface area contributed by atoms with Gasteiger partial charge in [-0.3, -0.25) is 0 Å². The van der Waals surface area contributed by atoms with Crippen LogP contribution < -0.4 is 4.84 Å². The van der Waals surface area contributed by atoms with Gasteiger partial charge in [0.1, 0.15) is 0 Å². The van der Waals surface area contributed by atoms with Gasteiger partial charge in [0.15, 0.2) is 0 Å². The minimum absolute atomic E-state index is 0.397. The molecule has 0 amide bonds. The molecule has 0 bridgehead atoms. The van der Waals surface area contributed by atoms with Crippen LogP contribution in [-0.4, -0.2) is 6.54 Å². The first-order chi connectivity index (χ1) is 9.24. The molecule has 0 unspecified atom stereocenters. The van der Waals surface area contributed by atoms with Crippen molar-refractivity contribution >= 4 is 11.8 Å². The van der Waals surface area contributed by atoms with Gasteiger partial charge in [-0.2, -0.15) is 0 Å². The van der Waals surface area contributed by atoms with Crippen LogP contribution in [-0.2, 0) is 0 Å². The van der Waals surface area contributed by atoms with Crippen LogP contribution in [0.2, 0.25) is 0 Å². The molecule has 2 aromatic rings. The minimum atomic E-state index is 0.397. The van der Waals surface area contributed by atoms with Crippen LogP contribution in [0.5, 0.6) is 0 Å². The van der Waals surface area contributed by atoms with Crippen LogP contribution in [0.25, 0.3) is 0 Å². The third kappa shape index (κ3) is 3.37. The van der Waals surface area contributed by atoms with Gasteiger partial charge >= 0.3 is 0 Å². The zero-order valence-corrected chi connectivity index (χ0v) is 12.2. The van der Waals surface area contributed by atoms with E-state index in [1.165, 1.54) is 22.3 Å². The van der Waals surface area contributed by atoms with Gasteiger partial charge < -0.3 is 0 Å². The predicted octanol–water partition coefficient (Wildman–Crippen LogP) is 4.57. The van der Waals surface area contributed by atoms with Gasteiger partial charge in [0.25, 0.3) is 0 Å². The summed E-state index contributed by atoms with van der Waals surface area (Å²) in [7, 11) is 0. The van der Waals surface area contributed by atoms with E-state index in [1.807, 2.05) is 0 Å². The summed E-state index contributed by atoms with van der Waals surface area (Å²) in [6.45, 7) is 5.15. The van der Waals surface area contributed by atoms with Gasteiger partial charge in [-0.1, -0.05) is 48.5 Å². The van der Waals surface area contributed by atoms with Gasteiger partial charge in [-0.15, -0.1) is 0 Å². The molecular weight excluding hydrogens is 254 g/mol. The standard InChI is InChI=1S/C17H20ClN/c1-13-7-3-5-9-15(13)17(11-12-19-18)16-10-6-4-8-14(16)2/h3-10,17,19H,11-12H2,1-2H3. The average molecular weight is 274 g/mol. The van der Waals surface area contributed by atoms with Gasteiger partial charge in [-0.05, 0) is 54.3 Å². The fourth-order valence-corrected chi connectivity index (χ4v) is 2.74. The number of benzene rings is 2. The van der Waals surface area contributed by atoms with Crippen molar-refractivity contribution in [1.29, 1.82) is 0 Å². The first-order valence-corrected chi connectivity index (χ1v) is 7.06. The molecule has 1 nitrogen and oxygen atoms in total. The Morgan fingerprint density at radius 2 is 1.37 bits per heavy atom. The fraction of sp³-hybridized carbons (Fsp3) is 0.294. The summed E-state index contributed by atoms with van der Waals surface area (Å²) in [6.07, 6.45) is 0.999. The average Bonchev–Trinajstić information content (AvgIpc) is 2.42. The highest BCUT2D eigenvalue weighted by atomic mass is 35.5. The van der Waals surface area contributed by atoms with Crippen molar-refractivity contribution < 1.29 is 0 Å². The molecule has 1 N–H and O–H groups in total. The van der Waals surface area contributed by atoms with Crippen LogP contribution >= 0.6 is 11.8 Å². The maximum Gasteiger partial charge on any atom is 0.0117 e. The Balaban J connectivity index is 2.42. The zero-order chi connectivity index (χ0) is 13.7. The van der Waals surface area contributed by atoms with Gasteiger partial charge in [0.05, 0.1) is 0 Å². The van der Waals surface area contributed by atoms with Crippen molar-refractivity contribution in [1.82, 2.24) is 4.84 Å². The molecule has 0 radical (unpaired) electrons. The molecule has 0 saturated carbocycles. The van der Waals surface area contributed by atoms with Crippen LogP contribution in [0.4, 0.5) is 0 Å². The SMILES string of the molecule is Cc1ccccc1C(CCNCl)c1ccccc1C. The summed E-state index contributed by atoms with van der Waals surface area (Å²) in [6, 6.07) is 17.2. The van der Waals surface area contributed by atoms with E-state index in [1.54, 1.807) is 0 Å². The normalized spacial score (nSPS) is 10.9. The van der Waals surface area contributed by atoms with Crippen molar-refractivity contribution in [3.63, 3.8) is 0 Å². The van der Waals surface area contributed by atoms with E-state index in [4.69, 9.17) is 11.8 Å². The number of rotatable bonds is 5. The topological polar surface area (TPSA) is 12.0 Å². The molecule has 19 heavy (non-hydrogen) atoms. The Kier molecular flexibility index (Phi) is 5.00. The third-order valence-electron chi connectivity index (χ3n) is 3.66. The number of hydrogen-bond acceptors (Lipinski definition) is 1. The Morgan fingerprint density at radius 3 is 1.79 bits per heavy atom. The maximum atomic E-state index is 5.65. The molecule has 2 rings (SSSR count). The van der Waals surface area contributed by atoms with Crippen LogP contribution in [0, 0.1) is 13.8 Å². The lowest BCUT2D eigenvalue weighted by Crippen LogP contribution is -2.11.